The lowest BCUT2D eigenvalue weighted by molar-refractivity contribution is -0.132. The first-order valence-corrected chi connectivity index (χ1v) is 9.87. The Morgan fingerprint density at radius 3 is 2.38 bits per heavy atom. The van der Waals surface area contributed by atoms with E-state index in [1.54, 1.807) is 26.1 Å². The van der Waals surface area contributed by atoms with Gasteiger partial charge in [0.1, 0.15) is 5.75 Å². The number of carbonyl (C=O) groups excluding carboxylic acids is 1. The van der Waals surface area contributed by atoms with E-state index in [2.05, 4.69) is 11.9 Å². The van der Waals surface area contributed by atoms with Crippen LogP contribution in [0, 0.1) is 5.92 Å². The van der Waals surface area contributed by atoms with Crippen LogP contribution in [0.1, 0.15) is 17.5 Å². The maximum absolute atomic E-state index is 12.8. The SMILES string of the molecule is C=C[C@@H](CCOCc1ccccc1)[C@@H](NCc1ccc(OC)cc1)C(=O)N(C)C. The van der Waals surface area contributed by atoms with Crippen molar-refractivity contribution in [2.24, 2.45) is 5.92 Å². The van der Waals surface area contributed by atoms with E-state index in [1.165, 1.54) is 0 Å². The van der Waals surface area contributed by atoms with Crippen molar-refractivity contribution in [2.75, 3.05) is 27.8 Å². The van der Waals surface area contributed by atoms with Crippen molar-refractivity contribution in [2.45, 2.75) is 25.6 Å². The fourth-order valence-electron chi connectivity index (χ4n) is 3.08. The van der Waals surface area contributed by atoms with Crippen LogP contribution in [0.4, 0.5) is 0 Å². The fourth-order valence-corrected chi connectivity index (χ4v) is 3.08. The second-order valence-electron chi connectivity index (χ2n) is 7.17. The third kappa shape index (κ3) is 7.37. The van der Waals surface area contributed by atoms with Crippen molar-refractivity contribution in [1.82, 2.24) is 10.2 Å². The predicted octanol–water partition coefficient (Wildman–Crippen LogP) is 3.65. The molecule has 0 aliphatic carbocycles. The molecule has 0 aliphatic heterocycles. The molecule has 0 bridgehead atoms. The Kier molecular flexibility index (Phi) is 9.41. The van der Waals surface area contributed by atoms with Gasteiger partial charge >= 0.3 is 0 Å². The number of amides is 1. The number of carbonyl (C=O) groups is 1. The highest BCUT2D eigenvalue weighted by atomic mass is 16.5. The summed E-state index contributed by atoms with van der Waals surface area (Å²) in [7, 11) is 5.19. The molecule has 2 aromatic carbocycles. The summed E-state index contributed by atoms with van der Waals surface area (Å²) in [6.07, 6.45) is 2.56. The molecule has 156 valence electrons. The number of nitrogens with zero attached hydrogens (tertiary/aromatic N) is 1. The van der Waals surface area contributed by atoms with Crippen molar-refractivity contribution in [3.63, 3.8) is 0 Å². The summed E-state index contributed by atoms with van der Waals surface area (Å²) in [5.41, 5.74) is 2.23. The molecule has 0 spiro atoms. The van der Waals surface area contributed by atoms with Crippen LogP contribution in [-0.2, 0) is 22.7 Å². The van der Waals surface area contributed by atoms with Crippen LogP contribution in [0.5, 0.6) is 5.75 Å². The molecule has 0 aliphatic rings. The molecule has 1 amide bonds. The van der Waals surface area contributed by atoms with Crippen molar-refractivity contribution in [3.8, 4) is 5.75 Å². The number of ether oxygens (including phenoxy) is 2. The summed E-state index contributed by atoms with van der Waals surface area (Å²) in [5.74, 6) is 0.819. The maximum atomic E-state index is 12.8. The van der Waals surface area contributed by atoms with Crippen LogP contribution in [0.25, 0.3) is 0 Å². The van der Waals surface area contributed by atoms with Crippen LogP contribution in [0.2, 0.25) is 0 Å². The van der Waals surface area contributed by atoms with E-state index >= 15 is 0 Å². The summed E-state index contributed by atoms with van der Waals surface area (Å²) in [6, 6.07) is 17.5. The van der Waals surface area contributed by atoms with E-state index in [0.717, 1.165) is 23.3 Å². The summed E-state index contributed by atoms with van der Waals surface area (Å²) in [4.78, 5) is 14.4. The molecule has 0 unspecified atom stereocenters. The predicted molar refractivity (Wildman–Crippen MR) is 117 cm³/mol. The van der Waals surface area contributed by atoms with Crippen LogP contribution >= 0.6 is 0 Å². The van der Waals surface area contributed by atoms with Crippen molar-refractivity contribution in [1.29, 1.82) is 0 Å². The zero-order valence-electron chi connectivity index (χ0n) is 17.6. The maximum Gasteiger partial charge on any atom is 0.239 e. The molecule has 0 saturated heterocycles. The highest BCUT2D eigenvalue weighted by molar-refractivity contribution is 5.82. The average molecular weight is 397 g/mol. The van der Waals surface area contributed by atoms with Crippen molar-refractivity contribution in [3.05, 3.63) is 78.4 Å². The first-order valence-electron chi connectivity index (χ1n) is 9.87. The largest absolute Gasteiger partial charge is 0.497 e. The van der Waals surface area contributed by atoms with Crippen molar-refractivity contribution < 1.29 is 14.3 Å². The molecule has 5 heteroatoms. The fraction of sp³-hybridized carbons (Fsp3) is 0.375. The van der Waals surface area contributed by atoms with Gasteiger partial charge < -0.3 is 19.7 Å². The monoisotopic (exact) mass is 396 g/mol. The normalized spacial score (nSPS) is 12.8. The molecule has 2 aromatic rings. The van der Waals surface area contributed by atoms with E-state index in [4.69, 9.17) is 9.47 Å². The lowest BCUT2D eigenvalue weighted by Crippen LogP contribution is -2.47. The molecule has 0 saturated carbocycles. The van der Waals surface area contributed by atoms with Gasteiger partial charge in [-0.2, -0.15) is 0 Å². The molecule has 0 aromatic heterocycles. The third-order valence-corrected chi connectivity index (χ3v) is 4.83. The molecule has 0 radical (unpaired) electrons. The standard InChI is InChI=1S/C24H32N2O3/c1-5-21(15-16-29-18-20-9-7-6-8-10-20)23(24(27)26(2)3)25-17-19-11-13-22(28-4)14-12-19/h5-14,21,23,25H,1,15-18H2,2-4H3/t21-,23+/m0/s1. The lowest BCUT2D eigenvalue weighted by atomic mass is 9.95. The zero-order valence-corrected chi connectivity index (χ0v) is 17.6. The molecule has 0 fully saturated rings. The summed E-state index contributed by atoms with van der Waals surface area (Å²) in [5, 5.41) is 3.41. The number of benzene rings is 2. The second kappa shape index (κ2) is 12.0. The number of hydrogen-bond acceptors (Lipinski definition) is 4. The Labute approximate surface area is 174 Å². The average Bonchev–Trinajstić information content (AvgIpc) is 2.76. The van der Waals surface area contributed by atoms with Gasteiger partial charge in [-0.25, -0.2) is 0 Å². The lowest BCUT2D eigenvalue weighted by Gasteiger charge is -2.27. The highest BCUT2D eigenvalue weighted by Gasteiger charge is 2.27. The van der Waals surface area contributed by atoms with Crippen LogP contribution < -0.4 is 10.1 Å². The first kappa shape index (κ1) is 22.7. The van der Waals surface area contributed by atoms with E-state index < -0.39 is 0 Å². The van der Waals surface area contributed by atoms with Gasteiger partial charge in [0.25, 0.3) is 0 Å². The Hall–Kier alpha value is -2.63. The van der Waals surface area contributed by atoms with E-state index in [9.17, 15) is 4.79 Å². The number of nitrogens with one attached hydrogen (secondary N) is 1. The van der Waals surface area contributed by atoms with Gasteiger partial charge in [-0.1, -0.05) is 48.5 Å². The quantitative estimate of drug-likeness (QED) is 0.440. The van der Waals surface area contributed by atoms with Gasteiger partial charge in [0, 0.05) is 33.2 Å². The molecule has 2 rings (SSSR count). The molecule has 5 nitrogen and oxygen atoms in total. The van der Waals surface area contributed by atoms with Gasteiger partial charge in [-0.15, -0.1) is 6.58 Å². The zero-order chi connectivity index (χ0) is 21.1. The Balaban J connectivity index is 1.93. The van der Waals surface area contributed by atoms with Crippen LogP contribution in [0.3, 0.4) is 0 Å². The second-order valence-corrected chi connectivity index (χ2v) is 7.17. The molecular formula is C24H32N2O3. The van der Waals surface area contributed by atoms with Crippen molar-refractivity contribution >= 4 is 5.91 Å². The number of hydrogen-bond donors (Lipinski definition) is 1. The third-order valence-electron chi connectivity index (χ3n) is 4.83. The van der Waals surface area contributed by atoms with Gasteiger partial charge in [0.2, 0.25) is 5.91 Å². The number of rotatable bonds is 12. The van der Waals surface area contributed by atoms with Crippen LogP contribution in [-0.4, -0.2) is 44.7 Å². The Morgan fingerprint density at radius 2 is 1.79 bits per heavy atom. The smallest absolute Gasteiger partial charge is 0.239 e. The topological polar surface area (TPSA) is 50.8 Å². The minimum absolute atomic E-state index is 0.0288. The Bertz CT molecular complexity index is 744. The minimum atomic E-state index is -0.357. The molecule has 0 heterocycles. The molecule has 2 atom stereocenters. The van der Waals surface area contributed by atoms with E-state index in [1.807, 2.05) is 60.7 Å². The number of likely N-dealkylation sites (N-methyl/N-ethyl adjacent to an activating group) is 1. The van der Waals surface area contributed by atoms with Gasteiger partial charge in [0.15, 0.2) is 0 Å². The molecule has 1 N–H and O–H groups in total. The minimum Gasteiger partial charge on any atom is -0.497 e. The molecule has 29 heavy (non-hydrogen) atoms. The molecular weight excluding hydrogens is 364 g/mol. The van der Waals surface area contributed by atoms with Gasteiger partial charge in [-0.3, -0.25) is 4.79 Å². The summed E-state index contributed by atoms with van der Waals surface area (Å²) in [6.45, 7) is 5.67. The summed E-state index contributed by atoms with van der Waals surface area (Å²) >= 11 is 0. The van der Waals surface area contributed by atoms with Crippen LogP contribution in [0.15, 0.2) is 67.3 Å². The summed E-state index contributed by atoms with van der Waals surface area (Å²) < 4.78 is 11.0. The number of methoxy groups -OCH3 is 1. The highest BCUT2D eigenvalue weighted by Crippen LogP contribution is 2.16. The Morgan fingerprint density at radius 1 is 1.10 bits per heavy atom. The first-order chi connectivity index (χ1) is 14.0. The van der Waals surface area contributed by atoms with Gasteiger partial charge in [0.05, 0.1) is 19.8 Å². The van der Waals surface area contributed by atoms with E-state index in [-0.39, 0.29) is 17.9 Å². The van der Waals surface area contributed by atoms with E-state index in [0.29, 0.717) is 19.8 Å². The van der Waals surface area contributed by atoms with Gasteiger partial charge in [-0.05, 0) is 29.7 Å².